The molecule has 1 aromatic carbocycles. The molecule has 4 rings (SSSR count). The summed E-state index contributed by atoms with van der Waals surface area (Å²) < 4.78 is 0. The first kappa shape index (κ1) is 17.2. The van der Waals surface area contributed by atoms with E-state index in [9.17, 15) is 5.26 Å². The van der Waals surface area contributed by atoms with Crippen molar-refractivity contribution in [2.75, 3.05) is 13.1 Å². The van der Waals surface area contributed by atoms with Gasteiger partial charge in [0.05, 0.1) is 11.8 Å². The van der Waals surface area contributed by atoms with E-state index >= 15 is 0 Å². The molecule has 26 heavy (non-hydrogen) atoms. The van der Waals surface area contributed by atoms with Gasteiger partial charge in [-0.15, -0.1) is 0 Å². The molecule has 0 N–H and O–H groups in total. The number of likely N-dealkylation sites (tertiary alicyclic amines) is 1. The Labute approximate surface area is 156 Å². The van der Waals surface area contributed by atoms with Crippen LogP contribution in [0.25, 0.3) is 0 Å². The third-order valence-corrected chi connectivity index (χ3v) is 6.40. The van der Waals surface area contributed by atoms with Gasteiger partial charge in [0.1, 0.15) is 5.41 Å². The van der Waals surface area contributed by atoms with Gasteiger partial charge in [-0.25, -0.2) is 0 Å². The fraction of sp³-hybridized carbons (Fsp3) is 0.478. The van der Waals surface area contributed by atoms with Crippen molar-refractivity contribution in [1.29, 1.82) is 5.26 Å². The number of aromatic nitrogens is 1. The van der Waals surface area contributed by atoms with Crippen molar-refractivity contribution in [1.82, 2.24) is 9.88 Å². The maximum absolute atomic E-state index is 10.4. The van der Waals surface area contributed by atoms with Crippen molar-refractivity contribution in [2.45, 2.75) is 50.0 Å². The summed E-state index contributed by atoms with van der Waals surface area (Å²) in [5, 5.41) is 10.4. The lowest BCUT2D eigenvalue weighted by atomic mass is 9.68. The van der Waals surface area contributed by atoms with Crippen LogP contribution in [0.1, 0.15) is 49.8 Å². The smallest absolute Gasteiger partial charge is 0.128 e. The van der Waals surface area contributed by atoms with Crippen molar-refractivity contribution in [3.8, 4) is 6.07 Å². The van der Waals surface area contributed by atoms with Crippen LogP contribution >= 0.6 is 0 Å². The van der Waals surface area contributed by atoms with Crippen molar-refractivity contribution in [3.63, 3.8) is 0 Å². The largest absolute Gasteiger partial charge is 0.300 e. The number of benzene rings is 1. The van der Waals surface area contributed by atoms with Crippen molar-refractivity contribution < 1.29 is 0 Å². The minimum Gasteiger partial charge on any atom is -0.300 e. The van der Waals surface area contributed by atoms with E-state index in [1.807, 2.05) is 42.6 Å². The Morgan fingerprint density at radius 3 is 2.42 bits per heavy atom. The average Bonchev–Trinajstić information content (AvgIpc) is 3.22. The van der Waals surface area contributed by atoms with Gasteiger partial charge < -0.3 is 4.90 Å². The Bertz CT molecular complexity index is 705. The number of nitrogens with zero attached hydrogens (tertiary/aromatic N) is 3. The number of nitriles is 1. The van der Waals surface area contributed by atoms with Crippen LogP contribution in [0, 0.1) is 17.2 Å². The molecule has 2 atom stereocenters. The first-order valence-corrected chi connectivity index (χ1v) is 9.97. The first-order valence-electron chi connectivity index (χ1n) is 9.97. The van der Waals surface area contributed by atoms with Crippen LogP contribution in [0.4, 0.5) is 0 Å². The Balaban J connectivity index is 1.69. The average molecular weight is 345 g/mol. The van der Waals surface area contributed by atoms with Gasteiger partial charge in [0.15, 0.2) is 0 Å². The molecule has 1 saturated carbocycles. The molecule has 1 aromatic heterocycles. The number of rotatable bonds is 4. The van der Waals surface area contributed by atoms with Gasteiger partial charge in [0, 0.05) is 24.7 Å². The second-order valence-corrected chi connectivity index (χ2v) is 7.77. The molecule has 0 bridgehead atoms. The van der Waals surface area contributed by atoms with Gasteiger partial charge in [-0.1, -0.05) is 55.7 Å². The summed E-state index contributed by atoms with van der Waals surface area (Å²) >= 11 is 0. The molecule has 2 unspecified atom stereocenters. The van der Waals surface area contributed by atoms with E-state index in [0.29, 0.717) is 6.04 Å². The highest BCUT2D eigenvalue weighted by Crippen LogP contribution is 2.43. The second kappa shape index (κ2) is 7.60. The molecule has 0 spiro atoms. The van der Waals surface area contributed by atoms with Crippen LogP contribution < -0.4 is 0 Å². The third-order valence-electron chi connectivity index (χ3n) is 6.40. The third kappa shape index (κ3) is 3.04. The predicted molar refractivity (Wildman–Crippen MR) is 104 cm³/mol. The van der Waals surface area contributed by atoms with E-state index in [4.69, 9.17) is 0 Å². The maximum Gasteiger partial charge on any atom is 0.128 e. The van der Waals surface area contributed by atoms with Gasteiger partial charge in [-0.2, -0.15) is 5.26 Å². The Kier molecular flexibility index (Phi) is 5.04. The molecule has 2 heterocycles. The van der Waals surface area contributed by atoms with Gasteiger partial charge in [-0.3, -0.25) is 4.98 Å². The summed E-state index contributed by atoms with van der Waals surface area (Å²) in [4.78, 5) is 7.29. The maximum atomic E-state index is 10.4. The van der Waals surface area contributed by atoms with Crippen LogP contribution in [0.3, 0.4) is 0 Å². The van der Waals surface area contributed by atoms with Crippen LogP contribution in [0.15, 0.2) is 54.7 Å². The summed E-state index contributed by atoms with van der Waals surface area (Å²) in [6.07, 6.45) is 9.62. The summed E-state index contributed by atoms with van der Waals surface area (Å²) in [5.41, 5.74) is 1.31. The monoisotopic (exact) mass is 345 g/mol. The molecular weight excluding hydrogens is 318 g/mol. The van der Waals surface area contributed by atoms with Crippen LogP contribution in [0.2, 0.25) is 0 Å². The molecule has 0 amide bonds. The van der Waals surface area contributed by atoms with Crippen molar-refractivity contribution in [2.24, 2.45) is 5.92 Å². The molecule has 1 aliphatic carbocycles. The Morgan fingerprint density at radius 1 is 0.962 bits per heavy atom. The summed E-state index contributed by atoms with van der Waals surface area (Å²) in [6.45, 7) is 2.11. The lowest BCUT2D eigenvalue weighted by molar-refractivity contribution is 0.180. The van der Waals surface area contributed by atoms with Crippen LogP contribution in [-0.2, 0) is 5.41 Å². The zero-order valence-corrected chi connectivity index (χ0v) is 15.3. The molecule has 3 heteroatoms. The Hall–Kier alpha value is -2.18. The number of hydrogen-bond acceptors (Lipinski definition) is 3. The van der Waals surface area contributed by atoms with E-state index < -0.39 is 5.41 Å². The topological polar surface area (TPSA) is 39.9 Å². The SMILES string of the molecule is N#CC(c1ccccc1)(c1ccccn1)C1CCN(C2CCCCC2)C1. The molecule has 1 saturated heterocycles. The molecule has 3 nitrogen and oxygen atoms in total. The fourth-order valence-electron chi connectivity index (χ4n) is 5.02. The molecule has 0 radical (unpaired) electrons. The summed E-state index contributed by atoms with van der Waals surface area (Å²) in [5.74, 6) is 0.284. The molecule has 2 fully saturated rings. The summed E-state index contributed by atoms with van der Waals surface area (Å²) in [7, 11) is 0. The highest BCUT2D eigenvalue weighted by atomic mass is 15.2. The van der Waals surface area contributed by atoms with Crippen molar-refractivity contribution >= 4 is 0 Å². The highest BCUT2D eigenvalue weighted by molar-refractivity contribution is 5.44. The standard InChI is InChI=1S/C23H27N3/c24-18-23(19-9-3-1-4-10-19,22-13-7-8-15-25-22)20-14-16-26(17-20)21-11-5-2-6-12-21/h1,3-4,7-10,13,15,20-21H,2,5-6,11-12,14,16-17H2. The zero-order valence-electron chi connectivity index (χ0n) is 15.3. The van der Waals surface area contributed by atoms with Crippen LogP contribution in [0.5, 0.6) is 0 Å². The Morgan fingerprint density at radius 2 is 1.73 bits per heavy atom. The fourth-order valence-corrected chi connectivity index (χ4v) is 5.02. The zero-order chi connectivity index (χ0) is 17.8. The molecule has 2 aliphatic rings. The van der Waals surface area contributed by atoms with E-state index in [1.165, 1.54) is 32.1 Å². The number of pyridine rings is 1. The minimum atomic E-state index is -0.661. The molecular formula is C23H27N3. The second-order valence-electron chi connectivity index (χ2n) is 7.77. The lowest BCUT2D eigenvalue weighted by Crippen LogP contribution is -2.40. The van der Waals surface area contributed by atoms with Gasteiger partial charge in [0.25, 0.3) is 0 Å². The first-order chi connectivity index (χ1) is 12.8. The molecule has 134 valence electrons. The molecule has 2 aromatic rings. The lowest BCUT2D eigenvalue weighted by Gasteiger charge is -2.35. The molecule has 1 aliphatic heterocycles. The minimum absolute atomic E-state index is 0.284. The summed E-state index contributed by atoms with van der Waals surface area (Å²) in [6, 6.07) is 19.7. The van der Waals surface area contributed by atoms with E-state index in [2.05, 4.69) is 28.1 Å². The van der Waals surface area contributed by atoms with Crippen molar-refractivity contribution in [3.05, 3.63) is 66.0 Å². The van der Waals surface area contributed by atoms with Gasteiger partial charge >= 0.3 is 0 Å². The van der Waals surface area contributed by atoms with E-state index in [0.717, 1.165) is 30.8 Å². The van der Waals surface area contributed by atoms with E-state index in [-0.39, 0.29) is 5.92 Å². The van der Waals surface area contributed by atoms with Crippen LogP contribution in [-0.4, -0.2) is 29.0 Å². The predicted octanol–water partition coefficient (Wildman–Crippen LogP) is 4.55. The quantitative estimate of drug-likeness (QED) is 0.816. The number of hydrogen-bond donors (Lipinski definition) is 0. The van der Waals surface area contributed by atoms with E-state index in [1.54, 1.807) is 0 Å². The highest BCUT2D eigenvalue weighted by Gasteiger charge is 2.47. The van der Waals surface area contributed by atoms with Gasteiger partial charge in [-0.05, 0) is 43.5 Å². The normalized spacial score (nSPS) is 24.0. The van der Waals surface area contributed by atoms with Gasteiger partial charge in [0.2, 0.25) is 0 Å².